The highest BCUT2D eigenvalue weighted by Gasteiger charge is 2.24. The molecule has 0 amide bonds. The Balaban J connectivity index is 0.000000118. The number of phenolic OH excluding ortho intramolecular Hbond substituents is 3. The standard InChI is InChI=1S/C26H19F2N3O2.C25H20N4O2.C24H19N3O3.C20H17N3O/c27-20-11-8-18(14-21(20)28)24-15-31-25(22(29-24)12-16-4-2-1-3-5-16)30-23(26(31)33)13-17-6-9-19(32)10-7-17;30-20-8-6-18(7-9-20)15-22-25(31)29-16-23(19-10-12-26-13-11-19)27-21(24(29)28-22)14-17-4-2-1-3-5-17;28-18-10-8-17(9-11-18)14-20-24(29)27-15-21(22-7-4-12-30-22)25-19(23(27)26-20)13-16-5-2-1-3-6-16;1-14-20(24)23-13-18(16-10-6-3-7-11-16)22-17(19(23)21-14)12-15-8-4-2-5-9-15/h1-11,14-15,32-33H,12-13H2;1-13,16,30-31H,14-15H2;1-12,15,28-29H,13-14H2;2-11,13,24H,12H2,1H3. The normalized spacial score (nSPS) is 11.1. The summed E-state index contributed by atoms with van der Waals surface area (Å²) in [4.78, 5) is 41.9. The number of aromatic hydroxyl groups is 7. The Hall–Kier alpha value is -15.7. The molecule has 0 radical (unpaired) electrons. The van der Waals surface area contributed by atoms with Crippen LogP contribution >= 0.6 is 0 Å². The molecule has 7 N–H and O–H groups in total. The topological polar surface area (TPSA) is 288 Å². The van der Waals surface area contributed by atoms with Crippen LogP contribution in [0.1, 0.15) is 84.5 Å². The SMILES string of the molecule is Cc1nc2c(Cc3ccccc3)nc(-c3ccccc3)cn2c1O.Oc1ccc(Cc2nc3c(Cc4ccccc4)nc(-c4ccc(F)c(F)c4)cn3c2O)cc1.Oc1ccc(Cc2nc3c(Cc4ccccc4)nc(-c4ccco4)cn3c2O)cc1.Oc1ccc(Cc2nc3c(Cc4ccccc4)nc(-c4ccncc4)cn3c2O)cc1. The van der Waals surface area contributed by atoms with Crippen molar-refractivity contribution in [3.8, 4) is 86.0 Å². The number of hydrogen-bond donors (Lipinski definition) is 7. The molecule has 0 spiro atoms. The van der Waals surface area contributed by atoms with Gasteiger partial charge in [0.1, 0.15) is 45.7 Å². The zero-order chi connectivity index (χ0) is 81.2. The van der Waals surface area contributed by atoms with E-state index in [4.69, 9.17) is 34.3 Å². The number of imidazole rings is 4. The molecule has 0 saturated heterocycles. The van der Waals surface area contributed by atoms with E-state index in [1.54, 1.807) is 99.7 Å². The van der Waals surface area contributed by atoms with Gasteiger partial charge in [-0.3, -0.25) is 22.6 Å². The summed E-state index contributed by atoms with van der Waals surface area (Å²) in [5.41, 5.74) is 19.6. The molecule has 19 rings (SSSR count). The molecule has 0 aliphatic carbocycles. The minimum atomic E-state index is -0.970. The highest BCUT2D eigenvalue weighted by molar-refractivity contribution is 5.67. The molecule has 21 nitrogen and oxygen atoms in total. The van der Waals surface area contributed by atoms with Crippen LogP contribution in [0, 0.1) is 18.6 Å². The summed E-state index contributed by atoms with van der Waals surface area (Å²) in [5, 5.41) is 71.7. The highest BCUT2D eigenvalue weighted by atomic mass is 19.2. The second-order valence-electron chi connectivity index (χ2n) is 28.1. The lowest BCUT2D eigenvalue weighted by atomic mass is 10.1. The number of aromatic nitrogens is 13. The van der Waals surface area contributed by atoms with Gasteiger partial charge in [-0.25, -0.2) is 48.7 Å². The van der Waals surface area contributed by atoms with Crippen LogP contribution < -0.4 is 0 Å². The quantitative estimate of drug-likeness (QED) is 0.0420. The fourth-order valence-corrected chi connectivity index (χ4v) is 13.8. The Morgan fingerprint density at radius 3 is 0.958 bits per heavy atom. The molecule has 118 heavy (non-hydrogen) atoms. The first-order valence-corrected chi connectivity index (χ1v) is 37.9. The van der Waals surface area contributed by atoms with E-state index >= 15 is 0 Å². The second-order valence-corrected chi connectivity index (χ2v) is 28.1. The second kappa shape index (κ2) is 34.4. The third-order valence-corrected chi connectivity index (χ3v) is 19.8. The number of fused-ring (bicyclic) bond motifs is 4. The van der Waals surface area contributed by atoms with E-state index in [2.05, 4.69) is 39.2 Å². The Morgan fingerprint density at radius 1 is 0.280 bits per heavy atom. The van der Waals surface area contributed by atoms with Crippen molar-refractivity contribution in [1.29, 1.82) is 0 Å². The molecule has 19 aromatic rings. The van der Waals surface area contributed by atoms with Crippen LogP contribution in [0.2, 0.25) is 0 Å². The molecule has 0 fully saturated rings. The molecule has 23 heteroatoms. The van der Waals surface area contributed by atoms with Crippen molar-refractivity contribution >= 4 is 22.6 Å². The minimum Gasteiger partial charge on any atom is -0.508 e. The van der Waals surface area contributed by atoms with E-state index < -0.39 is 11.6 Å². The van der Waals surface area contributed by atoms with Gasteiger partial charge in [0.05, 0.1) is 46.1 Å². The number of furan rings is 1. The number of aryl methyl sites for hydroxylation is 1. The molecule has 10 heterocycles. The Kier molecular flexibility index (Phi) is 22.2. The first-order valence-electron chi connectivity index (χ1n) is 37.9. The van der Waals surface area contributed by atoms with Crippen molar-refractivity contribution in [2.24, 2.45) is 0 Å². The molecule has 9 aromatic carbocycles. The van der Waals surface area contributed by atoms with Crippen molar-refractivity contribution in [3.63, 3.8) is 0 Å². The summed E-state index contributed by atoms with van der Waals surface area (Å²) in [6.45, 7) is 1.80. The molecule has 0 aliphatic heterocycles. The number of halogens is 2. The maximum atomic E-state index is 13.9. The summed E-state index contributed by atoms with van der Waals surface area (Å²) in [6.07, 6.45) is 15.5. The van der Waals surface area contributed by atoms with Gasteiger partial charge in [-0.05, 0) is 125 Å². The Labute approximate surface area is 674 Å². The van der Waals surface area contributed by atoms with Crippen molar-refractivity contribution in [2.75, 3.05) is 0 Å². The van der Waals surface area contributed by atoms with Gasteiger partial charge in [0, 0.05) is 98.8 Å². The lowest BCUT2D eigenvalue weighted by molar-refractivity contribution is 0.441. The van der Waals surface area contributed by atoms with Gasteiger partial charge < -0.3 is 40.2 Å². The summed E-state index contributed by atoms with van der Waals surface area (Å²) < 4.78 is 39.5. The largest absolute Gasteiger partial charge is 0.508 e. The maximum absolute atomic E-state index is 13.9. The molecular weight excluding hydrogens is 1490 g/mol. The van der Waals surface area contributed by atoms with Crippen LogP contribution in [0.3, 0.4) is 0 Å². The first kappa shape index (κ1) is 76.3. The lowest BCUT2D eigenvalue weighted by Crippen LogP contribution is -2.01. The van der Waals surface area contributed by atoms with Gasteiger partial charge in [0.25, 0.3) is 0 Å². The Bertz CT molecular complexity index is 6680. The predicted molar refractivity (Wildman–Crippen MR) is 445 cm³/mol. The number of hydrogen-bond acceptors (Lipinski definition) is 17. The maximum Gasteiger partial charge on any atom is 0.219 e. The van der Waals surface area contributed by atoms with Crippen molar-refractivity contribution in [3.05, 3.63) is 406 Å². The van der Waals surface area contributed by atoms with E-state index in [0.717, 1.165) is 90.7 Å². The fourth-order valence-electron chi connectivity index (χ4n) is 13.8. The van der Waals surface area contributed by atoms with Crippen LogP contribution in [0.25, 0.3) is 67.8 Å². The zero-order valence-electron chi connectivity index (χ0n) is 63.5. The van der Waals surface area contributed by atoms with Gasteiger partial charge in [0.15, 0.2) is 40.0 Å². The van der Waals surface area contributed by atoms with E-state index in [-0.39, 0.29) is 40.8 Å². The van der Waals surface area contributed by atoms with Gasteiger partial charge in [-0.2, -0.15) is 0 Å². The number of benzene rings is 9. The molecule has 0 atom stereocenters. The van der Waals surface area contributed by atoms with Crippen LogP contribution in [0.5, 0.6) is 40.8 Å². The third-order valence-electron chi connectivity index (χ3n) is 19.8. The van der Waals surface area contributed by atoms with Gasteiger partial charge in [-0.1, -0.05) is 188 Å². The molecule has 0 aliphatic rings. The third kappa shape index (κ3) is 17.4. The molecular formula is C95H75F2N13O8. The zero-order valence-corrected chi connectivity index (χ0v) is 63.5. The highest BCUT2D eigenvalue weighted by Crippen LogP contribution is 2.35. The molecule has 0 unspecified atom stereocenters. The van der Waals surface area contributed by atoms with Crippen LogP contribution in [0.15, 0.2) is 315 Å². The monoisotopic (exact) mass is 1560 g/mol. The van der Waals surface area contributed by atoms with E-state index in [0.29, 0.717) is 119 Å². The van der Waals surface area contributed by atoms with Gasteiger partial charge in [-0.15, -0.1) is 0 Å². The van der Waals surface area contributed by atoms with E-state index in [1.165, 1.54) is 10.5 Å². The first-order chi connectivity index (χ1) is 57.5. The van der Waals surface area contributed by atoms with E-state index in [9.17, 15) is 44.5 Å². The number of pyridine rings is 1. The van der Waals surface area contributed by atoms with Crippen LogP contribution in [0.4, 0.5) is 8.78 Å². The van der Waals surface area contributed by atoms with Crippen molar-refractivity contribution < 1.29 is 48.9 Å². The smallest absolute Gasteiger partial charge is 0.219 e. The van der Waals surface area contributed by atoms with E-state index in [1.807, 2.05) is 188 Å². The Morgan fingerprint density at radius 2 is 0.593 bits per heavy atom. The summed E-state index contributed by atoms with van der Waals surface area (Å²) in [6, 6.07) is 81.4. The summed E-state index contributed by atoms with van der Waals surface area (Å²) in [7, 11) is 0. The number of nitrogens with zero attached hydrogens (tertiary/aromatic N) is 13. The minimum absolute atomic E-state index is 0.0568. The number of rotatable bonds is 18. The van der Waals surface area contributed by atoms with Crippen molar-refractivity contribution in [2.45, 2.75) is 51.9 Å². The van der Waals surface area contributed by atoms with Crippen LogP contribution in [-0.4, -0.2) is 98.2 Å². The summed E-state index contributed by atoms with van der Waals surface area (Å²) in [5.74, 6) is -0.444. The lowest BCUT2D eigenvalue weighted by Gasteiger charge is -2.09. The van der Waals surface area contributed by atoms with Crippen LogP contribution in [-0.2, 0) is 44.9 Å². The average Bonchev–Trinajstić information content (AvgIpc) is 1.64. The fraction of sp³-hybridized carbons (Fsp3) is 0.0842. The molecule has 0 bridgehead atoms. The van der Waals surface area contributed by atoms with Gasteiger partial charge in [0.2, 0.25) is 23.5 Å². The predicted octanol–water partition coefficient (Wildman–Crippen LogP) is 18.2. The molecule has 0 saturated carbocycles. The molecule has 10 aromatic heterocycles. The van der Waals surface area contributed by atoms with Crippen molar-refractivity contribution in [1.82, 2.24) is 62.5 Å². The molecule has 582 valence electrons. The van der Waals surface area contributed by atoms with Gasteiger partial charge >= 0.3 is 0 Å². The number of phenols is 3. The summed E-state index contributed by atoms with van der Waals surface area (Å²) >= 11 is 0. The average molecular weight is 1560 g/mol.